The van der Waals surface area contributed by atoms with Crippen molar-refractivity contribution in [3.05, 3.63) is 53.1 Å². The molecule has 0 unspecified atom stereocenters. The fourth-order valence-electron chi connectivity index (χ4n) is 2.10. The van der Waals surface area contributed by atoms with Crippen LogP contribution in [0.25, 0.3) is 0 Å². The Morgan fingerprint density at radius 3 is 2.72 bits per heavy atom. The van der Waals surface area contributed by atoms with Gasteiger partial charge in [-0.25, -0.2) is 4.39 Å². The molecule has 1 heterocycles. The van der Waals surface area contributed by atoms with Gasteiger partial charge in [-0.05, 0) is 31.7 Å². The van der Waals surface area contributed by atoms with Crippen LogP contribution in [0.3, 0.4) is 0 Å². The van der Waals surface area contributed by atoms with E-state index < -0.39 is 0 Å². The van der Waals surface area contributed by atoms with E-state index in [-0.39, 0.29) is 5.82 Å². The molecule has 0 spiro atoms. The van der Waals surface area contributed by atoms with E-state index in [0.29, 0.717) is 0 Å². The monoisotopic (exact) mass is 247 g/mol. The van der Waals surface area contributed by atoms with Crippen LogP contribution in [-0.4, -0.2) is 21.7 Å². The summed E-state index contributed by atoms with van der Waals surface area (Å²) in [6.45, 7) is 3.55. The molecule has 0 saturated carbocycles. The summed E-state index contributed by atoms with van der Waals surface area (Å²) in [4.78, 5) is 2.15. The van der Waals surface area contributed by atoms with Gasteiger partial charge in [-0.1, -0.05) is 12.1 Å². The first kappa shape index (κ1) is 12.8. The Kier molecular flexibility index (Phi) is 3.77. The molecule has 4 heteroatoms. The van der Waals surface area contributed by atoms with Crippen molar-refractivity contribution in [3.8, 4) is 0 Å². The Labute approximate surface area is 107 Å². The number of halogens is 1. The highest BCUT2D eigenvalue weighted by Gasteiger charge is 2.07. The number of aryl methyl sites for hydroxylation is 2. The SMILES string of the molecule is Cc1nn(C)cc1CN(C)Cc1cccc(F)c1. The van der Waals surface area contributed by atoms with E-state index in [1.54, 1.807) is 12.1 Å². The molecular weight excluding hydrogens is 229 g/mol. The Morgan fingerprint density at radius 2 is 2.11 bits per heavy atom. The average Bonchev–Trinajstić information content (AvgIpc) is 2.57. The van der Waals surface area contributed by atoms with E-state index in [0.717, 1.165) is 24.3 Å². The first-order valence-electron chi connectivity index (χ1n) is 5.96. The van der Waals surface area contributed by atoms with Crippen molar-refractivity contribution in [2.24, 2.45) is 7.05 Å². The van der Waals surface area contributed by atoms with Crippen molar-refractivity contribution in [1.29, 1.82) is 0 Å². The molecule has 0 saturated heterocycles. The van der Waals surface area contributed by atoms with E-state index in [1.807, 2.05) is 38.0 Å². The van der Waals surface area contributed by atoms with Crippen molar-refractivity contribution < 1.29 is 4.39 Å². The zero-order valence-electron chi connectivity index (χ0n) is 11.0. The van der Waals surface area contributed by atoms with Gasteiger partial charge in [0, 0.05) is 31.9 Å². The Balaban J connectivity index is 2.00. The summed E-state index contributed by atoms with van der Waals surface area (Å²) >= 11 is 0. The predicted octanol–water partition coefficient (Wildman–Crippen LogP) is 2.50. The van der Waals surface area contributed by atoms with Crippen molar-refractivity contribution >= 4 is 0 Å². The summed E-state index contributed by atoms with van der Waals surface area (Å²) in [6, 6.07) is 6.73. The fourth-order valence-corrected chi connectivity index (χ4v) is 2.10. The number of benzene rings is 1. The highest BCUT2D eigenvalue weighted by Crippen LogP contribution is 2.11. The number of nitrogens with zero attached hydrogens (tertiary/aromatic N) is 3. The summed E-state index contributed by atoms with van der Waals surface area (Å²) in [5.74, 6) is -0.182. The Morgan fingerprint density at radius 1 is 1.33 bits per heavy atom. The largest absolute Gasteiger partial charge is 0.298 e. The molecule has 0 aliphatic heterocycles. The molecule has 0 radical (unpaired) electrons. The van der Waals surface area contributed by atoms with E-state index in [1.165, 1.54) is 11.6 Å². The molecule has 1 aromatic carbocycles. The highest BCUT2D eigenvalue weighted by atomic mass is 19.1. The molecule has 0 bridgehead atoms. The second-order valence-corrected chi connectivity index (χ2v) is 4.72. The van der Waals surface area contributed by atoms with E-state index >= 15 is 0 Å². The zero-order chi connectivity index (χ0) is 13.1. The molecular formula is C14H18FN3. The molecule has 0 N–H and O–H groups in total. The third kappa shape index (κ3) is 3.17. The molecule has 2 aromatic rings. The summed E-state index contributed by atoms with van der Waals surface area (Å²) in [5.41, 5.74) is 3.24. The third-order valence-electron chi connectivity index (χ3n) is 2.90. The highest BCUT2D eigenvalue weighted by molar-refractivity contribution is 5.18. The van der Waals surface area contributed by atoms with Gasteiger partial charge in [0.2, 0.25) is 0 Å². The van der Waals surface area contributed by atoms with Gasteiger partial charge in [-0.2, -0.15) is 5.10 Å². The molecule has 0 amide bonds. The van der Waals surface area contributed by atoms with Crippen LogP contribution in [0.1, 0.15) is 16.8 Å². The van der Waals surface area contributed by atoms with Gasteiger partial charge in [0.15, 0.2) is 0 Å². The lowest BCUT2D eigenvalue weighted by Crippen LogP contribution is -2.17. The lowest BCUT2D eigenvalue weighted by molar-refractivity contribution is 0.318. The first-order chi connectivity index (χ1) is 8.54. The van der Waals surface area contributed by atoms with E-state index in [9.17, 15) is 4.39 Å². The standard InChI is InChI=1S/C14H18FN3/c1-11-13(10-18(3)16-11)9-17(2)8-12-5-4-6-14(15)7-12/h4-7,10H,8-9H2,1-3H3. The molecule has 0 aliphatic rings. The topological polar surface area (TPSA) is 21.1 Å². The second kappa shape index (κ2) is 5.31. The maximum Gasteiger partial charge on any atom is 0.123 e. The van der Waals surface area contributed by atoms with Crippen molar-refractivity contribution in [2.75, 3.05) is 7.05 Å². The van der Waals surface area contributed by atoms with Crippen molar-refractivity contribution in [3.63, 3.8) is 0 Å². The van der Waals surface area contributed by atoms with Gasteiger partial charge in [0.1, 0.15) is 5.82 Å². The quantitative estimate of drug-likeness (QED) is 0.827. The molecule has 96 valence electrons. The van der Waals surface area contributed by atoms with Crippen LogP contribution < -0.4 is 0 Å². The molecule has 0 atom stereocenters. The molecule has 2 rings (SSSR count). The van der Waals surface area contributed by atoms with Crippen LogP contribution in [0.2, 0.25) is 0 Å². The lowest BCUT2D eigenvalue weighted by Gasteiger charge is -2.16. The number of hydrogen-bond donors (Lipinski definition) is 0. The van der Waals surface area contributed by atoms with Crippen LogP contribution >= 0.6 is 0 Å². The normalized spacial score (nSPS) is 11.2. The minimum Gasteiger partial charge on any atom is -0.298 e. The number of aromatic nitrogens is 2. The van der Waals surface area contributed by atoms with Crippen LogP contribution in [0.5, 0.6) is 0 Å². The molecule has 0 aliphatic carbocycles. The van der Waals surface area contributed by atoms with Crippen LogP contribution in [-0.2, 0) is 20.1 Å². The van der Waals surface area contributed by atoms with Gasteiger partial charge in [0.05, 0.1) is 5.69 Å². The van der Waals surface area contributed by atoms with E-state index in [4.69, 9.17) is 0 Å². The second-order valence-electron chi connectivity index (χ2n) is 4.72. The number of rotatable bonds is 4. The van der Waals surface area contributed by atoms with Gasteiger partial charge in [-0.15, -0.1) is 0 Å². The van der Waals surface area contributed by atoms with Crippen LogP contribution in [0.4, 0.5) is 4.39 Å². The summed E-state index contributed by atoms with van der Waals surface area (Å²) in [6.07, 6.45) is 2.03. The molecule has 1 aromatic heterocycles. The van der Waals surface area contributed by atoms with E-state index in [2.05, 4.69) is 10.00 Å². The summed E-state index contributed by atoms with van der Waals surface area (Å²) in [5, 5.41) is 4.32. The Hall–Kier alpha value is -1.68. The average molecular weight is 247 g/mol. The third-order valence-corrected chi connectivity index (χ3v) is 2.90. The predicted molar refractivity (Wildman–Crippen MR) is 69.5 cm³/mol. The van der Waals surface area contributed by atoms with Gasteiger partial charge < -0.3 is 0 Å². The molecule has 3 nitrogen and oxygen atoms in total. The van der Waals surface area contributed by atoms with Crippen LogP contribution in [0.15, 0.2) is 30.5 Å². The van der Waals surface area contributed by atoms with Gasteiger partial charge in [-0.3, -0.25) is 9.58 Å². The van der Waals surface area contributed by atoms with Gasteiger partial charge in [0.25, 0.3) is 0 Å². The Bertz CT molecular complexity index is 534. The van der Waals surface area contributed by atoms with Crippen LogP contribution in [0, 0.1) is 12.7 Å². The van der Waals surface area contributed by atoms with Gasteiger partial charge >= 0.3 is 0 Å². The smallest absolute Gasteiger partial charge is 0.123 e. The first-order valence-corrected chi connectivity index (χ1v) is 5.96. The zero-order valence-corrected chi connectivity index (χ0v) is 11.0. The minimum atomic E-state index is -0.182. The minimum absolute atomic E-state index is 0.182. The molecule has 0 fully saturated rings. The van der Waals surface area contributed by atoms with Crippen molar-refractivity contribution in [2.45, 2.75) is 20.0 Å². The van der Waals surface area contributed by atoms with Crippen molar-refractivity contribution in [1.82, 2.24) is 14.7 Å². The lowest BCUT2D eigenvalue weighted by atomic mass is 10.2. The summed E-state index contributed by atoms with van der Waals surface area (Å²) in [7, 11) is 3.94. The maximum atomic E-state index is 13.1. The number of hydrogen-bond acceptors (Lipinski definition) is 2. The molecule has 18 heavy (non-hydrogen) atoms. The fraction of sp³-hybridized carbons (Fsp3) is 0.357. The summed E-state index contributed by atoms with van der Waals surface area (Å²) < 4.78 is 14.9. The maximum absolute atomic E-state index is 13.1.